The van der Waals surface area contributed by atoms with E-state index in [9.17, 15) is 9.59 Å². The largest absolute Gasteiger partial charge is 0.378 e. The second kappa shape index (κ2) is 9.18. The summed E-state index contributed by atoms with van der Waals surface area (Å²) >= 11 is 1.35. The molecule has 2 aromatic rings. The van der Waals surface area contributed by atoms with Crippen molar-refractivity contribution < 1.29 is 14.3 Å². The van der Waals surface area contributed by atoms with Crippen molar-refractivity contribution in [3.8, 4) is 0 Å². The van der Waals surface area contributed by atoms with Crippen LogP contribution in [0.15, 0.2) is 36.4 Å². The number of carbonyl (C=O) groups is 2. The van der Waals surface area contributed by atoms with Gasteiger partial charge in [0.2, 0.25) is 5.91 Å². The van der Waals surface area contributed by atoms with Gasteiger partial charge in [0, 0.05) is 45.4 Å². The van der Waals surface area contributed by atoms with Crippen molar-refractivity contribution in [2.75, 3.05) is 37.5 Å². The van der Waals surface area contributed by atoms with E-state index < -0.39 is 0 Å². The van der Waals surface area contributed by atoms with Gasteiger partial charge >= 0.3 is 0 Å². The Balaban J connectivity index is 1.47. The minimum atomic E-state index is -0.0147. The predicted molar refractivity (Wildman–Crippen MR) is 120 cm³/mol. The molecule has 2 fully saturated rings. The van der Waals surface area contributed by atoms with Crippen LogP contribution in [-0.4, -0.2) is 50.1 Å². The summed E-state index contributed by atoms with van der Waals surface area (Å²) in [6, 6.07) is 11.9. The molecule has 1 aliphatic heterocycles. The predicted octanol–water partition coefficient (Wildman–Crippen LogP) is 3.98. The minimum absolute atomic E-state index is 0.0147. The first-order valence-electron chi connectivity index (χ1n) is 10.6. The van der Waals surface area contributed by atoms with Crippen LogP contribution in [0.3, 0.4) is 0 Å². The smallest absolute Gasteiger partial charge is 0.264 e. The molecule has 1 unspecified atom stereocenters. The van der Waals surface area contributed by atoms with Crippen LogP contribution in [0.1, 0.15) is 40.9 Å². The van der Waals surface area contributed by atoms with E-state index in [0.717, 1.165) is 48.5 Å². The number of hydrogen-bond acceptors (Lipinski definition) is 5. The number of hydrogen-bond donors (Lipinski definition) is 1. The zero-order valence-electron chi connectivity index (χ0n) is 17.6. The van der Waals surface area contributed by atoms with E-state index in [1.807, 2.05) is 31.1 Å². The average Bonchev–Trinajstić information content (AvgIpc) is 3.28. The fourth-order valence-electron chi connectivity index (χ4n) is 3.62. The molecule has 0 bridgehead atoms. The molecule has 1 aromatic heterocycles. The van der Waals surface area contributed by atoms with Crippen LogP contribution in [0.5, 0.6) is 0 Å². The zero-order chi connectivity index (χ0) is 21.1. The van der Waals surface area contributed by atoms with Gasteiger partial charge in [-0.3, -0.25) is 9.59 Å². The van der Waals surface area contributed by atoms with Crippen LogP contribution in [0.4, 0.5) is 10.7 Å². The molecule has 2 amide bonds. The molecule has 2 heterocycles. The molecule has 1 N–H and O–H groups in total. The van der Waals surface area contributed by atoms with Crippen LogP contribution >= 0.6 is 11.3 Å². The van der Waals surface area contributed by atoms with Crippen LogP contribution in [0.25, 0.3) is 0 Å². The van der Waals surface area contributed by atoms with E-state index >= 15 is 0 Å². The van der Waals surface area contributed by atoms with Crippen molar-refractivity contribution in [1.82, 2.24) is 4.90 Å². The Kier molecular flexibility index (Phi) is 6.39. The molecule has 4 rings (SSSR count). The summed E-state index contributed by atoms with van der Waals surface area (Å²) in [5, 5.41) is 3.68. The van der Waals surface area contributed by atoms with E-state index in [4.69, 9.17) is 4.74 Å². The lowest BCUT2D eigenvalue weighted by Gasteiger charge is -2.25. The highest BCUT2D eigenvalue weighted by Crippen LogP contribution is 2.32. The number of anilines is 2. The third-order valence-corrected chi connectivity index (χ3v) is 6.56. The molecule has 7 heteroatoms. The Morgan fingerprint density at radius 1 is 1.10 bits per heavy atom. The lowest BCUT2D eigenvalue weighted by Crippen LogP contribution is -2.36. The van der Waals surface area contributed by atoms with Crippen molar-refractivity contribution in [1.29, 1.82) is 0 Å². The first-order valence-corrected chi connectivity index (χ1v) is 11.4. The Labute approximate surface area is 181 Å². The molecule has 160 valence electrons. The Morgan fingerprint density at radius 3 is 2.50 bits per heavy atom. The molecule has 1 aliphatic carbocycles. The summed E-state index contributed by atoms with van der Waals surface area (Å²) < 4.78 is 5.79. The summed E-state index contributed by atoms with van der Waals surface area (Å²) in [6.45, 7) is 1.88. The van der Waals surface area contributed by atoms with Gasteiger partial charge in [-0.05, 0) is 55.5 Å². The molecule has 0 radical (unpaired) electrons. The van der Waals surface area contributed by atoms with Crippen LogP contribution in [-0.2, 0) is 16.1 Å². The third kappa shape index (κ3) is 5.21. The van der Waals surface area contributed by atoms with Crippen molar-refractivity contribution in [2.45, 2.75) is 38.3 Å². The van der Waals surface area contributed by atoms with Gasteiger partial charge in [0.15, 0.2) is 0 Å². The van der Waals surface area contributed by atoms with Crippen LogP contribution in [0, 0.1) is 5.92 Å². The first kappa shape index (κ1) is 20.9. The monoisotopic (exact) mass is 427 g/mol. The first-order chi connectivity index (χ1) is 14.5. The maximum atomic E-state index is 13.3. The zero-order valence-corrected chi connectivity index (χ0v) is 18.4. The van der Waals surface area contributed by atoms with Crippen LogP contribution in [0.2, 0.25) is 0 Å². The SMILES string of the molecule is CN(C)c1ccc(CN(CC2CCCO2)C(=O)c2ccc(NC(=O)C3CC3)s2)cc1. The van der Waals surface area contributed by atoms with Crippen molar-refractivity contribution in [3.63, 3.8) is 0 Å². The molecule has 1 aromatic carbocycles. The van der Waals surface area contributed by atoms with E-state index in [0.29, 0.717) is 18.0 Å². The van der Waals surface area contributed by atoms with Gasteiger partial charge in [-0.1, -0.05) is 12.1 Å². The standard InChI is InChI=1S/C23H29N3O3S/c1-25(2)18-9-5-16(6-10-18)14-26(15-19-4-3-13-29-19)23(28)20-11-12-21(30-20)24-22(27)17-7-8-17/h5-6,9-12,17,19H,3-4,7-8,13-15H2,1-2H3,(H,24,27). The number of nitrogens with zero attached hydrogens (tertiary/aromatic N) is 2. The molecular weight excluding hydrogens is 398 g/mol. The second-order valence-corrected chi connectivity index (χ2v) is 9.39. The summed E-state index contributed by atoms with van der Waals surface area (Å²) in [7, 11) is 4.03. The van der Waals surface area contributed by atoms with Crippen molar-refractivity contribution >= 4 is 33.8 Å². The molecular formula is C23H29N3O3S. The Morgan fingerprint density at radius 2 is 1.87 bits per heavy atom. The quantitative estimate of drug-likeness (QED) is 0.692. The minimum Gasteiger partial charge on any atom is -0.378 e. The molecule has 1 atom stereocenters. The second-order valence-electron chi connectivity index (χ2n) is 8.31. The number of nitrogens with one attached hydrogen (secondary N) is 1. The van der Waals surface area contributed by atoms with E-state index in [2.05, 4.69) is 34.5 Å². The maximum absolute atomic E-state index is 13.3. The summed E-state index contributed by atoms with van der Waals surface area (Å²) in [4.78, 5) is 29.9. The number of ether oxygens (including phenoxy) is 1. The highest BCUT2D eigenvalue weighted by atomic mass is 32.1. The number of benzene rings is 1. The van der Waals surface area contributed by atoms with E-state index in [1.165, 1.54) is 11.3 Å². The Hall–Kier alpha value is -2.38. The lowest BCUT2D eigenvalue weighted by molar-refractivity contribution is -0.117. The highest BCUT2D eigenvalue weighted by Gasteiger charge is 2.30. The van der Waals surface area contributed by atoms with Gasteiger partial charge in [0.05, 0.1) is 16.0 Å². The molecule has 0 spiro atoms. The fraction of sp³-hybridized carbons (Fsp3) is 0.478. The van der Waals surface area contributed by atoms with Crippen molar-refractivity contribution in [2.24, 2.45) is 5.92 Å². The number of thiophene rings is 1. The third-order valence-electron chi connectivity index (χ3n) is 5.57. The number of rotatable bonds is 8. The summed E-state index contributed by atoms with van der Waals surface area (Å²) in [5.74, 6) is 0.194. The topological polar surface area (TPSA) is 61.9 Å². The van der Waals surface area contributed by atoms with Gasteiger partial charge < -0.3 is 19.9 Å². The van der Waals surface area contributed by atoms with E-state index in [1.54, 1.807) is 0 Å². The molecule has 1 saturated carbocycles. The molecule has 30 heavy (non-hydrogen) atoms. The molecule has 6 nitrogen and oxygen atoms in total. The van der Waals surface area contributed by atoms with Gasteiger partial charge in [0.1, 0.15) is 0 Å². The molecule has 1 saturated heterocycles. The highest BCUT2D eigenvalue weighted by molar-refractivity contribution is 7.18. The molecule has 2 aliphatic rings. The van der Waals surface area contributed by atoms with Crippen molar-refractivity contribution in [3.05, 3.63) is 46.8 Å². The van der Waals surface area contributed by atoms with Gasteiger partial charge in [0.25, 0.3) is 5.91 Å². The average molecular weight is 428 g/mol. The number of carbonyl (C=O) groups excluding carboxylic acids is 2. The van der Waals surface area contributed by atoms with Gasteiger partial charge in [-0.15, -0.1) is 11.3 Å². The summed E-state index contributed by atoms with van der Waals surface area (Å²) in [6.07, 6.45) is 4.04. The Bertz CT molecular complexity index is 883. The number of amides is 2. The van der Waals surface area contributed by atoms with Gasteiger partial charge in [-0.25, -0.2) is 0 Å². The van der Waals surface area contributed by atoms with E-state index in [-0.39, 0.29) is 23.8 Å². The lowest BCUT2D eigenvalue weighted by atomic mass is 10.1. The van der Waals surface area contributed by atoms with Gasteiger partial charge in [-0.2, -0.15) is 0 Å². The van der Waals surface area contributed by atoms with Crippen LogP contribution < -0.4 is 10.2 Å². The normalized spacial score (nSPS) is 18.3. The summed E-state index contributed by atoms with van der Waals surface area (Å²) in [5.41, 5.74) is 2.22. The maximum Gasteiger partial charge on any atom is 0.264 e. The fourth-order valence-corrected chi connectivity index (χ4v) is 4.50.